The lowest BCUT2D eigenvalue weighted by Gasteiger charge is -2.14. The van der Waals surface area contributed by atoms with Gasteiger partial charge in [-0.2, -0.15) is 0 Å². The zero-order chi connectivity index (χ0) is 15.6. The number of thiophene rings is 1. The average molecular weight is 305 g/mol. The van der Waals surface area contributed by atoms with Crippen LogP contribution in [0.15, 0.2) is 29.2 Å². The molecule has 0 aliphatic rings. The highest BCUT2D eigenvalue weighted by molar-refractivity contribution is 7.12. The van der Waals surface area contributed by atoms with E-state index in [-0.39, 0.29) is 24.1 Å². The van der Waals surface area contributed by atoms with E-state index in [9.17, 15) is 9.59 Å². The highest BCUT2D eigenvalue weighted by Crippen LogP contribution is 2.25. The molecule has 0 bridgehead atoms. The van der Waals surface area contributed by atoms with Crippen molar-refractivity contribution in [2.24, 2.45) is 0 Å². The predicted octanol–water partition coefficient (Wildman–Crippen LogP) is 1.99. The summed E-state index contributed by atoms with van der Waals surface area (Å²) in [6.07, 6.45) is 1.48. The summed E-state index contributed by atoms with van der Waals surface area (Å²) >= 11 is 1.71. The first kappa shape index (κ1) is 15.3. The molecule has 2 rings (SSSR count). The summed E-state index contributed by atoms with van der Waals surface area (Å²) in [7, 11) is 0. The third kappa shape index (κ3) is 3.72. The maximum Gasteiger partial charge on any atom is 0.251 e. The van der Waals surface area contributed by atoms with Gasteiger partial charge in [0, 0.05) is 27.7 Å². The van der Waals surface area contributed by atoms with Crippen molar-refractivity contribution in [1.29, 1.82) is 0 Å². The normalized spacial score (nSPS) is 12.1. The minimum absolute atomic E-state index is 0.0314. The molecule has 112 valence electrons. The van der Waals surface area contributed by atoms with E-state index in [0.717, 1.165) is 5.56 Å². The molecule has 1 atom stereocenters. The van der Waals surface area contributed by atoms with E-state index in [1.807, 2.05) is 20.8 Å². The monoisotopic (exact) mass is 305 g/mol. The standard InChI is InChI=1S/C15H19N3O2S/c1-9-6-13(11(3)21-9)10(2)17-14(19)8-18-7-12(16)4-5-15(18)20/h4-7,10H,8,16H2,1-3H3,(H,17,19). The van der Waals surface area contributed by atoms with Crippen LogP contribution in [0.4, 0.5) is 5.69 Å². The summed E-state index contributed by atoms with van der Waals surface area (Å²) in [4.78, 5) is 26.1. The third-order valence-corrected chi connectivity index (χ3v) is 4.23. The fourth-order valence-electron chi connectivity index (χ4n) is 2.27. The van der Waals surface area contributed by atoms with Gasteiger partial charge in [0.2, 0.25) is 5.91 Å². The first-order chi connectivity index (χ1) is 9.86. The van der Waals surface area contributed by atoms with Gasteiger partial charge in [0.1, 0.15) is 6.54 Å². The predicted molar refractivity (Wildman–Crippen MR) is 85.5 cm³/mol. The minimum atomic E-state index is -0.241. The van der Waals surface area contributed by atoms with Gasteiger partial charge in [-0.1, -0.05) is 0 Å². The van der Waals surface area contributed by atoms with Gasteiger partial charge in [0.25, 0.3) is 5.56 Å². The Labute approximate surface area is 127 Å². The van der Waals surface area contributed by atoms with Crippen LogP contribution >= 0.6 is 11.3 Å². The molecule has 0 radical (unpaired) electrons. The van der Waals surface area contributed by atoms with E-state index in [0.29, 0.717) is 5.69 Å². The van der Waals surface area contributed by atoms with Crippen molar-refractivity contribution in [3.63, 3.8) is 0 Å². The largest absolute Gasteiger partial charge is 0.398 e. The number of nitrogens with one attached hydrogen (secondary N) is 1. The summed E-state index contributed by atoms with van der Waals surface area (Å²) in [5, 5.41) is 2.91. The van der Waals surface area contributed by atoms with Crippen LogP contribution < -0.4 is 16.6 Å². The number of carbonyl (C=O) groups excluding carboxylic acids is 1. The van der Waals surface area contributed by atoms with Crippen molar-refractivity contribution in [2.45, 2.75) is 33.4 Å². The molecular formula is C15H19N3O2S. The van der Waals surface area contributed by atoms with Gasteiger partial charge in [-0.15, -0.1) is 11.3 Å². The molecule has 0 fully saturated rings. The van der Waals surface area contributed by atoms with Gasteiger partial charge in [-0.25, -0.2) is 0 Å². The summed E-state index contributed by atoms with van der Waals surface area (Å²) < 4.78 is 1.31. The molecule has 0 saturated heterocycles. The first-order valence-electron chi connectivity index (χ1n) is 6.69. The number of carbonyl (C=O) groups is 1. The molecule has 3 N–H and O–H groups in total. The molecule has 1 amide bonds. The summed E-state index contributed by atoms with van der Waals surface area (Å²) in [6.45, 7) is 5.99. The number of hydrogen-bond donors (Lipinski definition) is 2. The number of rotatable bonds is 4. The Morgan fingerprint density at radius 1 is 1.43 bits per heavy atom. The van der Waals surface area contributed by atoms with E-state index in [1.165, 1.54) is 32.7 Å². The molecule has 0 aliphatic heterocycles. The van der Waals surface area contributed by atoms with Crippen LogP contribution in [0.2, 0.25) is 0 Å². The van der Waals surface area contributed by atoms with Gasteiger partial charge >= 0.3 is 0 Å². The van der Waals surface area contributed by atoms with E-state index < -0.39 is 0 Å². The molecular weight excluding hydrogens is 286 g/mol. The second-order valence-corrected chi connectivity index (χ2v) is 6.55. The number of nitrogens with two attached hydrogens (primary N) is 1. The Bertz CT molecular complexity index is 718. The second kappa shape index (κ2) is 6.13. The van der Waals surface area contributed by atoms with Gasteiger partial charge in [0.05, 0.1) is 6.04 Å². The molecule has 0 aromatic carbocycles. The maximum atomic E-state index is 12.1. The zero-order valence-corrected chi connectivity index (χ0v) is 13.2. The molecule has 0 spiro atoms. The number of nitrogen functional groups attached to an aromatic ring is 1. The van der Waals surface area contributed by atoms with E-state index in [4.69, 9.17) is 5.73 Å². The molecule has 0 saturated carbocycles. The van der Waals surface area contributed by atoms with Crippen molar-refractivity contribution in [3.8, 4) is 0 Å². The lowest BCUT2D eigenvalue weighted by molar-refractivity contribution is -0.122. The number of aryl methyl sites for hydroxylation is 2. The van der Waals surface area contributed by atoms with Crippen LogP contribution in [0.1, 0.15) is 28.3 Å². The number of amides is 1. The van der Waals surface area contributed by atoms with E-state index in [2.05, 4.69) is 11.4 Å². The van der Waals surface area contributed by atoms with Crippen molar-refractivity contribution < 1.29 is 4.79 Å². The van der Waals surface area contributed by atoms with Crippen molar-refractivity contribution >= 4 is 22.9 Å². The number of anilines is 1. The number of pyridine rings is 1. The topological polar surface area (TPSA) is 77.1 Å². The van der Waals surface area contributed by atoms with Crippen LogP contribution in [-0.2, 0) is 11.3 Å². The van der Waals surface area contributed by atoms with Crippen LogP contribution in [0.5, 0.6) is 0 Å². The Balaban J connectivity index is 2.06. The zero-order valence-electron chi connectivity index (χ0n) is 12.3. The van der Waals surface area contributed by atoms with Crippen LogP contribution in [0.3, 0.4) is 0 Å². The molecule has 0 aliphatic carbocycles. The van der Waals surface area contributed by atoms with Crippen LogP contribution in [-0.4, -0.2) is 10.5 Å². The summed E-state index contributed by atoms with van der Waals surface area (Å²) in [5.74, 6) is -0.210. The van der Waals surface area contributed by atoms with Gasteiger partial charge in [-0.3, -0.25) is 9.59 Å². The molecule has 6 heteroatoms. The number of aromatic nitrogens is 1. The molecule has 1 unspecified atom stereocenters. The van der Waals surface area contributed by atoms with Gasteiger partial charge in [-0.05, 0) is 38.5 Å². The quantitative estimate of drug-likeness (QED) is 0.907. The first-order valence-corrected chi connectivity index (χ1v) is 7.50. The van der Waals surface area contributed by atoms with Gasteiger partial charge < -0.3 is 15.6 Å². The Morgan fingerprint density at radius 3 is 2.76 bits per heavy atom. The Hall–Kier alpha value is -2.08. The molecule has 2 aromatic heterocycles. The van der Waals surface area contributed by atoms with Crippen molar-refractivity contribution in [2.75, 3.05) is 5.73 Å². The average Bonchev–Trinajstić information content (AvgIpc) is 2.73. The molecule has 21 heavy (non-hydrogen) atoms. The second-order valence-electron chi connectivity index (χ2n) is 5.09. The van der Waals surface area contributed by atoms with Crippen LogP contribution in [0.25, 0.3) is 0 Å². The Morgan fingerprint density at radius 2 is 2.14 bits per heavy atom. The van der Waals surface area contributed by atoms with E-state index in [1.54, 1.807) is 11.3 Å². The summed E-state index contributed by atoms with van der Waals surface area (Å²) in [6, 6.07) is 4.88. The van der Waals surface area contributed by atoms with Crippen molar-refractivity contribution in [1.82, 2.24) is 9.88 Å². The molecule has 2 heterocycles. The summed E-state index contributed by atoms with van der Waals surface area (Å²) in [5.41, 5.74) is 6.96. The lowest BCUT2D eigenvalue weighted by atomic mass is 10.1. The van der Waals surface area contributed by atoms with Crippen molar-refractivity contribution in [3.05, 3.63) is 50.1 Å². The number of nitrogens with zero attached hydrogens (tertiary/aromatic N) is 1. The lowest BCUT2D eigenvalue weighted by Crippen LogP contribution is -2.33. The molecule has 2 aromatic rings. The van der Waals surface area contributed by atoms with Gasteiger partial charge in [0.15, 0.2) is 0 Å². The third-order valence-electron chi connectivity index (χ3n) is 3.24. The minimum Gasteiger partial charge on any atom is -0.398 e. The number of hydrogen-bond acceptors (Lipinski definition) is 4. The fourth-order valence-corrected chi connectivity index (χ4v) is 3.30. The fraction of sp³-hybridized carbons (Fsp3) is 0.333. The maximum absolute atomic E-state index is 12.1. The molecule has 5 nitrogen and oxygen atoms in total. The smallest absolute Gasteiger partial charge is 0.251 e. The van der Waals surface area contributed by atoms with E-state index >= 15 is 0 Å². The highest BCUT2D eigenvalue weighted by Gasteiger charge is 2.14. The van der Waals surface area contributed by atoms with Crippen LogP contribution in [0, 0.1) is 13.8 Å². The SMILES string of the molecule is Cc1cc(C(C)NC(=O)Cn2cc(N)ccc2=O)c(C)s1. The Kier molecular flexibility index (Phi) is 4.47. The highest BCUT2D eigenvalue weighted by atomic mass is 32.1.